The number of aromatic nitrogens is 4. The Bertz CT molecular complexity index is 1500. The molecule has 5 aromatic rings. The van der Waals surface area contributed by atoms with E-state index in [2.05, 4.69) is 52.5 Å². The normalized spacial score (nSPS) is 14.5. The quantitative estimate of drug-likeness (QED) is 0.385. The molecule has 6 heteroatoms. The molecule has 1 aliphatic heterocycles. The summed E-state index contributed by atoms with van der Waals surface area (Å²) in [5.41, 5.74) is 3.21. The Morgan fingerprint density at radius 1 is 0.765 bits per heavy atom. The molecule has 6 rings (SSSR count). The largest absolute Gasteiger partial charge is 0.371 e. The van der Waals surface area contributed by atoms with Gasteiger partial charge in [0.25, 0.3) is 0 Å². The number of nitrogens with zero attached hydrogens (tertiary/aromatic N) is 5. The molecule has 0 spiro atoms. The van der Waals surface area contributed by atoms with E-state index in [-0.39, 0.29) is 11.5 Å². The first-order chi connectivity index (χ1) is 16.8. The number of anilines is 1. The third-order valence-electron chi connectivity index (χ3n) is 6.65. The number of hydrogen-bond acceptors (Lipinski definition) is 4. The van der Waals surface area contributed by atoms with Crippen molar-refractivity contribution in [1.82, 2.24) is 19.6 Å². The van der Waals surface area contributed by atoms with Gasteiger partial charge in [0, 0.05) is 31.0 Å². The van der Waals surface area contributed by atoms with Gasteiger partial charge >= 0.3 is 0 Å². The Balaban J connectivity index is 1.24. The Hall–Kier alpha value is -4.19. The number of benzene rings is 3. The van der Waals surface area contributed by atoms with Gasteiger partial charge in [-0.3, -0.25) is 9.48 Å². The van der Waals surface area contributed by atoms with Crippen LogP contribution in [0, 0.1) is 0 Å². The highest BCUT2D eigenvalue weighted by atomic mass is 16.1. The van der Waals surface area contributed by atoms with Crippen molar-refractivity contribution in [3.8, 4) is 17.1 Å². The van der Waals surface area contributed by atoms with Gasteiger partial charge in [0.15, 0.2) is 5.69 Å². The van der Waals surface area contributed by atoms with Crippen LogP contribution in [0.2, 0.25) is 0 Å². The Kier molecular flexibility index (Phi) is 5.18. The summed E-state index contributed by atoms with van der Waals surface area (Å²) in [5.74, 6) is 0. The van der Waals surface area contributed by atoms with E-state index in [1.807, 2.05) is 47.3 Å². The van der Waals surface area contributed by atoms with Crippen LogP contribution in [0.1, 0.15) is 18.9 Å². The van der Waals surface area contributed by atoms with Crippen molar-refractivity contribution in [3.63, 3.8) is 0 Å². The maximum absolute atomic E-state index is 12.8. The lowest BCUT2D eigenvalue weighted by atomic mass is 10.0. The van der Waals surface area contributed by atoms with Gasteiger partial charge in [-0.15, -0.1) is 0 Å². The molecule has 0 radical (unpaired) electrons. The zero-order valence-electron chi connectivity index (χ0n) is 18.8. The second-order valence-electron chi connectivity index (χ2n) is 8.72. The highest BCUT2D eigenvalue weighted by Crippen LogP contribution is 2.29. The van der Waals surface area contributed by atoms with Gasteiger partial charge in [-0.2, -0.15) is 10.2 Å². The van der Waals surface area contributed by atoms with Crippen molar-refractivity contribution in [3.05, 3.63) is 108 Å². The van der Waals surface area contributed by atoms with E-state index in [9.17, 15) is 4.79 Å². The van der Waals surface area contributed by atoms with Crippen LogP contribution in [-0.4, -0.2) is 32.7 Å². The molecule has 1 saturated heterocycles. The van der Waals surface area contributed by atoms with Crippen molar-refractivity contribution < 1.29 is 0 Å². The van der Waals surface area contributed by atoms with E-state index in [4.69, 9.17) is 5.10 Å². The lowest BCUT2D eigenvalue weighted by Gasteiger charge is -2.34. The smallest absolute Gasteiger partial charge is 0.209 e. The number of piperidine rings is 1. The SMILES string of the molecule is O=c1ccn(C2CCN(c3ccc4ccccc4c3)CC2)nc1-c1ccnn1-c1ccccc1. The minimum absolute atomic E-state index is 0.0949. The average Bonchev–Trinajstić information content (AvgIpc) is 3.39. The predicted molar refractivity (Wildman–Crippen MR) is 135 cm³/mol. The molecule has 6 nitrogen and oxygen atoms in total. The van der Waals surface area contributed by atoms with Crippen LogP contribution in [-0.2, 0) is 0 Å². The van der Waals surface area contributed by atoms with Crippen molar-refractivity contribution in [2.45, 2.75) is 18.9 Å². The van der Waals surface area contributed by atoms with Gasteiger partial charge in [0.2, 0.25) is 5.43 Å². The number of rotatable bonds is 4. The van der Waals surface area contributed by atoms with Crippen molar-refractivity contribution in [1.29, 1.82) is 0 Å². The monoisotopic (exact) mass is 447 g/mol. The summed E-state index contributed by atoms with van der Waals surface area (Å²) in [4.78, 5) is 15.2. The minimum Gasteiger partial charge on any atom is -0.371 e. The lowest BCUT2D eigenvalue weighted by molar-refractivity contribution is 0.362. The zero-order valence-corrected chi connectivity index (χ0v) is 18.8. The van der Waals surface area contributed by atoms with Crippen LogP contribution in [0.15, 0.2) is 102 Å². The zero-order chi connectivity index (χ0) is 22.9. The fourth-order valence-electron chi connectivity index (χ4n) is 4.82. The third-order valence-corrected chi connectivity index (χ3v) is 6.65. The molecular formula is C28H25N5O. The summed E-state index contributed by atoms with van der Waals surface area (Å²) in [6.45, 7) is 1.90. The first-order valence-corrected chi connectivity index (χ1v) is 11.7. The van der Waals surface area contributed by atoms with E-state index in [1.54, 1.807) is 16.9 Å². The Morgan fingerprint density at radius 3 is 2.35 bits per heavy atom. The van der Waals surface area contributed by atoms with Crippen LogP contribution >= 0.6 is 0 Å². The number of fused-ring (bicyclic) bond motifs is 1. The molecule has 168 valence electrons. The maximum Gasteiger partial charge on any atom is 0.209 e. The molecule has 1 aliphatic rings. The summed E-state index contributed by atoms with van der Waals surface area (Å²) in [7, 11) is 0. The van der Waals surface area contributed by atoms with Crippen molar-refractivity contribution in [2.24, 2.45) is 0 Å². The second kappa shape index (κ2) is 8.63. The highest BCUT2D eigenvalue weighted by Gasteiger charge is 2.22. The maximum atomic E-state index is 12.8. The predicted octanol–water partition coefficient (Wildman–Crippen LogP) is 5.09. The fraction of sp³-hybridized carbons (Fsp3) is 0.179. The van der Waals surface area contributed by atoms with Crippen LogP contribution < -0.4 is 10.3 Å². The van der Waals surface area contributed by atoms with Gasteiger partial charge in [0.1, 0.15) is 0 Å². The van der Waals surface area contributed by atoms with E-state index >= 15 is 0 Å². The first kappa shape index (κ1) is 20.4. The molecule has 2 aromatic heterocycles. The molecule has 34 heavy (non-hydrogen) atoms. The summed E-state index contributed by atoms with van der Waals surface area (Å²) < 4.78 is 3.74. The van der Waals surface area contributed by atoms with E-state index in [1.165, 1.54) is 16.5 Å². The summed E-state index contributed by atoms with van der Waals surface area (Å²) in [6, 6.07) is 28.7. The molecule has 1 fully saturated rings. The number of para-hydroxylation sites is 1. The molecular weight excluding hydrogens is 422 g/mol. The van der Waals surface area contributed by atoms with Crippen LogP contribution in [0.5, 0.6) is 0 Å². The standard InChI is InChI=1S/C28H25N5O/c34-27-15-19-32(30-28(27)26-12-16-29-33(26)24-8-2-1-3-9-24)23-13-17-31(18-14-23)25-11-10-21-6-4-5-7-22(21)20-25/h1-12,15-16,19-20,23H,13-14,17-18H2. The summed E-state index contributed by atoms with van der Waals surface area (Å²) >= 11 is 0. The Morgan fingerprint density at radius 2 is 1.53 bits per heavy atom. The van der Waals surface area contributed by atoms with Gasteiger partial charge < -0.3 is 4.90 Å². The lowest BCUT2D eigenvalue weighted by Crippen LogP contribution is -2.35. The minimum atomic E-state index is -0.0949. The van der Waals surface area contributed by atoms with Crippen molar-refractivity contribution in [2.75, 3.05) is 18.0 Å². The first-order valence-electron chi connectivity index (χ1n) is 11.7. The van der Waals surface area contributed by atoms with Crippen molar-refractivity contribution >= 4 is 16.5 Å². The fourth-order valence-corrected chi connectivity index (χ4v) is 4.82. The van der Waals surface area contributed by atoms with Crippen LogP contribution in [0.25, 0.3) is 27.8 Å². The molecule has 3 heterocycles. The average molecular weight is 448 g/mol. The van der Waals surface area contributed by atoms with E-state index in [0.29, 0.717) is 11.4 Å². The molecule has 0 amide bonds. The molecule has 0 saturated carbocycles. The van der Waals surface area contributed by atoms with Gasteiger partial charge in [-0.05, 0) is 53.9 Å². The van der Waals surface area contributed by atoms with Crippen LogP contribution in [0.3, 0.4) is 0 Å². The second-order valence-corrected chi connectivity index (χ2v) is 8.72. The van der Waals surface area contributed by atoms with Gasteiger partial charge in [0.05, 0.1) is 23.6 Å². The highest BCUT2D eigenvalue weighted by molar-refractivity contribution is 5.85. The Labute approximate surface area is 197 Å². The molecule has 0 aliphatic carbocycles. The molecule has 0 N–H and O–H groups in total. The summed E-state index contributed by atoms with van der Waals surface area (Å²) in [5, 5.41) is 11.8. The molecule has 0 atom stereocenters. The third kappa shape index (κ3) is 3.77. The number of hydrogen-bond donors (Lipinski definition) is 0. The van der Waals surface area contributed by atoms with E-state index in [0.717, 1.165) is 31.6 Å². The summed E-state index contributed by atoms with van der Waals surface area (Å²) in [6.07, 6.45) is 5.48. The van der Waals surface area contributed by atoms with Gasteiger partial charge in [-0.25, -0.2) is 4.68 Å². The van der Waals surface area contributed by atoms with Gasteiger partial charge in [-0.1, -0.05) is 48.5 Å². The topological polar surface area (TPSA) is 56.0 Å². The molecule has 0 unspecified atom stereocenters. The van der Waals surface area contributed by atoms with Crippen LogP contribution in [0.4, 0.5) is 5.69 Å². The molecule has 0 bridgehead atoms. The van der Waals surface area contributed by atoms with E-state index < -0.39 is 0 Å². The molecule has 3 aromatic carbocycles.